The SMILES string of the molecule is CC(C)(C)NS(=O)(=O)c1ccc(B2OC(C)(C)C(C)(C)O2)c2c1OCCO2. The van der Waals surface area contributed by atoms with E-state index in [1.54, 1.807) is 26.8 Å². The summed E-state index contributed by atoms with van der Waals surface area (Å²) >= 11 is 0. The van der Waals surface area contributed by atoms with Crippen molar-refractivity contribution in [2.24, 2.45) is 0 Å². The van der Waals surface area contributed by atoms with E-state index in [9.17, 15) is 8.42 Å². The van der Waals surface area contributed by atoms with Crippen molar-refractivity contribution in [1.82, 2.24) is 4.72 Å². The van der Waals surface area contributed by atoms with Gasteiger partial charge in [0.25, 0.3) is 0 Å². The largest absolute Gasteiger partial charge is 0.498 e. The average Bonchev–Trinajstić information content (AvgIpc) is 2.71. The zero-order chi connectivity index (χ0) is 20.3. The number of hydrogen-bond donors (Lipinski definition) is 1. The molecule has 1 aromatic carbocycles. The molecule has 0 amide bonds. The normalized spacial score (nSPS) is 21.4. The molecule has 0 spiro atoms. The number of ether oxygens (including phenoxy) is 2. The van der Waals surface area contributed by atoms with Gasteiger partial charge in [-0.2, -0.15) is 0 Å². The summed E-state index contributed by atoms with van der Waals surface area (Å²) in [5.41, 5.74) is -1.03. The summed E-state index contributed by atoms with van der Waals surface area (Å²) < 4.78 is 52.0. The Balaban J connectivity index is 2.06. The summed E-state index contributed by atoms with van der Waals surface area (Å²) in [7, 11) is -4.45. The topological polar surface area (TPSA) is 83.1 Å². The van der Waals surface area contributed by atoms with Crippen molar-refractivity contribution < 1.29 is 27.2 Å². The molecule has 0 aliphatic carbocycles. The molecule has 0 unspecified atom stereocenters. The lowest BCUT2D eigenvalue weighted by molar-refractivity contribution is 0.00578. The fourth-order valence-electron chi connectivity index (χ4n) is 2.96. The highest BCUT2D eigenvalue weighted by atomic mass is 32.2. The Morgan fingerprint density at radius 3 is 2.00 bits per heavy atom. The fourth-order valence-corrected chi connectivity index (χ4v) is 4.52. The van der Waals surface area contributed by atoms with Crippen molar-refractivity contribution in [1.29, 1.82) is 0 Å². The summed E-state index contributed by atoms with van der Waals surface area (Å²) in [6, 6.07) is 3.19. The summed E-state index contributed by atoms with van der Waals surface area (Å²) in [5.74, 6) is 0.557. The van der Waals surface area contributed by atoms with Gasteiger partial charge in [-0.15, -0.1) is 0 Å². The van der Waals surface area contributed by atoms with E-state index >= 15 is 0 Å². The van der Waals surface area contributed by atoms with Crippen LogP contribution >= 0.6 is 0 Å². The molecule has 1 N–H and O–H groups in total. The number of rotatable bonds is 3. The van der Waals surface area contributed by atoms with Crippen LogP contribution in [0.5, 0.6) is 11.5 Å². The standard InChI is InChI=1S/C18H28BNO6S/c1-16(2,3)20-27(21,22)13-9-8-12(14-15(13)24-11-10-23-14)19-25-17(4,5)18(6,7)26-19/h8-9,20H,10-11H2,1-7H3. The molecule has 2 aliphatic heterocycles. The van der Waals surface area contributed by atoms with E-state index in [4.69, 9.17) is 18.8 Å². The highest BCUT2D eigenvalue weighted by molar-refractivity contribution is 7.89. The fraction of sp³-hybridized carbons (Fsp3) is 0.667. The monoisotopic (exact) mass is 397 g/mol. The molecule has 0 bridgehead atoms. The van der Waals surface area contributed by atoms with Crippen molar-refractivity contribution in [3.8, 4) is 11.5 Å². The molecule has 0 saturated carbocycles. The van der Waals surface area contributed by atoms with E-state index in [0.29, 0.717) is 17.8 Å². The van der Waals surface area contributed by atoms with Gasteiger partial charge in [0, 0.05) is 11.0 Å². The number of nitrogens with one attached hydrogen (secondary N) is 1. The lowest BCUT2D eigenvalue weighted by Gasteiger charge is -2.32. The minimum absolute atomic E-state index is 0.0485. The van der Waals surface area contributed by atoms with Crippen LogP contribution in [0.2, 0.25) is 0 Å². The molecule has 27 heavy (non-hydrogen) atoms. The maximum atomic E-state index is 12.8. The summed E-state index contributed by atoms with van der Waals surface area (Å²) in [5, 5.41) is 0. The molecule has 0 aromatic heterocycles. The Labute approximate surface area is 161 Å². The lowest BCUT2D eigenvalue weighted by Crippen LogP contribution is -2.42. The molecule has 2 heterocycles. The number of hydrogen-bond acceptors (Lipinski definition) is 6. The van der Waals surface area contributed by atoms with Crippen LogP contribution in [0, 0.1) is 0 Å². The summed E-state index contributed by atoms with van der Waals surface area (Å²) in [6.07, 6.45) is 0. The van der Waals surface area contributed by atoms with Gasteiger partial charge in [-0.25, -0.2) is 13.1 Å². The third-order valence-corrected chi connectivity index (χ3v) is 6.70. The van der Waals surface area contributed by atoms with Crippen LogP contribution in [-0.2, 0) is 19.3 Å². The molecule has 150 valence electrons. The lowest BCUT2D eigenvalue weighted by atomic mass is 9.78. The first-order chi connectivity index (χ1) is 12.2. The average molecular weight is 397 g/mol. The quantitative estimate of drug-likeness (QED) is 0.784. The molecule has 2 aliphatic rings. The van der Waals surface area contributed by atoms with Gasteiger partial charge < -0.3 is 18.8 Å². The van der Waals surface area contributed by atoms with Gasteiger partial charge in [0.15, 0.2) is 11.5 Å². The Morgan fingerprint density at radius 1 is 0.963 bits per heavy atom. The van der Waals surface area contributed by atoms with Crippen molar-refractivity contribution in [3.05, 3.63) is 12.1 Å². The van der Waals surface area contributed by atoms with E-state index in [-0.39, 0.29) is 17.3 Å². The van der Waals surface area contributed by atoms with E-state index < -0.39 is 33.9 Å². The summed E-state index contributed by atoms with van der Waals surface area (Å²) in [6.45, 7) is 13.8. The summed E-state index contributed by atoms with van der Waals surface area (Å²) in [4.78, 5) is 0.0485. The zero-order valence-electron chi connectivity index (χ0n) is 17.0. The van der Waals surface area contributed by atoms with Crippen LogP contribution < -0.4 is 19.7 Å². The van der Waals surface area contributed by atoms with Crippen molar-refractivity contribution in [2.75, 3.05) is 13.2 Å². The van der Waals surface area contributed by atoms with Crippen LogP contribution in [0.25, 0.3) is 0 Å². The van der Waals surface area contributed by atoms with E-state index in [2.05, 4.69) is 4.72 Å². The number of sulfonamides is 1. The van der Waals surface area contributed by atoms with Gasteiger partial charge in [-0.05, 0) is 54.5 Å². The van der Waals surface area contributed by atoms with Crippen molar-refractivity contribution >= 4 is 22.6 Å². The van der Waals surface area contributed by atoms with Gasteiger partial charge in [0.2, 0.25) is 10.0 Å². The molecule has 1 fully saturated rings. The second kappa shape index (κ2) is 6.37. The van der Waals surface area contributed by atoms with Gasteiger partial charge in [-0.3, -0.25) is 0 Å². The van der Waals surface area contributed by atoms with Crippen molar-refractivity contribution in [3.63, 3.8) is 0 Å². The van der Waals surface area contributed by atoms with Gasteiger partial charge in [0.05, 0.1) is 11.2 Å². The first-order valence-corrected chi connectivity index (χ1v) is 10.5. The van der Waals surface area contributed by atoms with Crippen LogP contribution in [0.3, 0.4) is 0 Å². The first kappa shape index (κ1) is 20.4. The minimum atomic E-state index is -3.78. The van der Waals surface area contributed by atoms with Gasteiger partial charge >= 0.3 is 7.12 Å². The molecule has 1 aromatic rings. The van der Waals surface area contributed by atoms with E-state index in [0.717, 1.165) is 0 Å². The number of benzene rings is 1. The first-order valence-electron chi connectivity index (χ1n) is 9.06. The van der Waals surface area contributed by atoms with E-state index in [1.165, 1.54) is 6.07 Å². The van der Waals surface area contributed by atoms with Gasteiger partial charge in [0.1, 0.15) is 18.1 Å². The van der Waals surface area contributed by atoms with Crippen LogP contribution in [0.15, 0.2) is 17.0 Å². The molecule has 0 atom stereocenters. The smallest absolute Gasteiger partial charge is 0.486 e. The van der Waals surface area contributed by atoms with Crippen LogP contribution in [0.1, 0.15) is 48.5 Å². The molecule has 9 heteroatoms. The second-order valence-corrected chi connectivity index (χ2v) is 10.6. The van der Waals surface area contributed by atoms with Gasteiger partial charge in [-0.1, -0.05) is 6.07 Å². The third-order valence-electron chi connectivity index (χ3n) is 4.92. The molecule has 3 rings (SSSR count). The second-order valence-electron chi connectivity index (χ2n) is 8.95. The maximum absolute atomic E-state index is 12.8. The predicted octanol–water partition coefficient (Wildman–Crippen LogP) is 1.83. The number of fused-ring (bicyclic) bond motifs is 1. The maximum Gasteiger partial charge on any atom is 0.498 e. The zero-order valence-corrected chi connectivity index (χ0v) is 17.8. The van der Waals surface area contributed by atoms with Crippen molar-refractivity contribution in [2.45, 2.75) is 70.1 Å². The highest BCUT2D eigenvalue weighted by Gasteiger charge is 2.53. The Bertz CT molecular complexity index is 828. The minimum Gasteiger partial charge on any atom is -0.486 e. The Kier molecular flexibility index (Phi) is 4.82. The molecular formula is C18H28BNO6S. The third kappa shape index (κ3) is 3.83. The van der Waals surface area contributed by atoms with Crippen LogP contribution in [0.4, 0.5) is 0 Å². The molecule has 0 radical (unpaired) electrons. The Morgan fingerprint density at radius 2 is 1.48 bits per heavy atom. The van der Waals surface area contributed by atoms with Crippen LogP contribution in [-0.4, -0.2) is 45.5 Å². The molecule has 7 nitrogen and oxygen atoms in total. The highest BCUT2D eigenvalue weighted by Crippen LogP contribution is 2.40. The molecular weight excluding hydrogens is 369 g/mol. The Hall–Kier alpha value is -1.29. The molecule has 1 saturated heterocycles. The predicted molar refractivity (Wildman–Crippen MR) is 103 cm³/mol. The van der Waals surface area contributed by atoms with E-state index in [1.807, 2.05) is 27.7 Å².